The number of nitrogens with two attached hydrogens (primary N) is 1. The molecule has 0 spiro atoms. The Bertz CT molecular complexity index is 429. The maximum absolute atomic E-state index is 5.73. The van der Waals surface area contributed by atoms with Gasteiger partial charge in [0.15, 0.2) is 0 Å². The van der Waals surface area contributed by atoms with Crippen LogP contribution in [0.5, 0.6) is 0 Å². The van der Waals surface area contributed by atoms with Crippen molar-refractivity contribution in [3.63, 3.8) is 0 Å². The molecule has 0 saturated heterocycles. The first-order valence-electron chi connectivity index (χ1n) is 4.37. The Kier molecular flexibility index (Phi) is 2.35. The molecule has 4 nitrogen and oxygen atoms in total. The van der Waals surface area contributed by atoms with E-state index in [2.05, 4.69) is 10.1 Å². The van der Waals surface area contributed by atoms with Gasteiger partial charge < -0.3 is 5.73 Å². The molecular formula is C9H12N4S. The summed E-state index contributed by atoms with van der Waals surface area (Å²) >= 11 is 1.60. The molecule has 0 aliphatic carbocycles. The minimum Gasteiger partial charge on any atom is -0.323 e. The van der Waals surface area contributed by atoms with Gasteiger partial charge in [-0.05, 0) is 6.92 Å². The number of hydrogen-bond donors (Lipinski definition) is 1. The molecular weight excluding hydrogens is 196 g/mol. The molecule has 2 heterocycles. The van der Waals surface area contributed by atoms with Crippen molar-refractivity contribution >= 4 is 11.3 Å². The highest BCUT2D eigenvalue weighted by molar-refractivity contribution is 7.13. The van der Waals surface area contributed by atoms with Crippen LogP contribution < -0.4 is 5.73 Å². The normalized spacial score (nSPS) is 13.1. The Morgan fingerprint density at radius 1 is 1.57 bits per heavy atom. The van der Waals surface area contributed by atoms with Gasteiger partial charge in [0.05, 0.1) is 11.9 Å². The summed E-state index contributed by atoms with van der Waals surface area (Å²) in [6, 6.07) is -0.00308. The Morgan fingerprint density at radius 2 is 2.36 bits per heavy atom. The third-order valence-corrected chi connectivity index (χ3v) is 2.85. The molecule has 0 aromatic carbocycles. The van der Waals surface area contributed by atoms with E-state index < -0.39 is 0 Å². The van der Waals surface area contributed by atoms with Gasteiger partial charge in [0.1, 0.15) is 5.01 Å². The van der Waals surface area contributed by atoms with E-state index in [4.69, 9.17) is 5.73 Å². The summed E-state index contributed by atoms with van der Waals surface area (Å²) < 4.78 is 1.77. The van der Waals surface area contributed by atoms with Gasteiger partial charge in [-0.25, -0.2) is 4.98 Å². The Labute approximate surface area is 86.4 Å². The van der Waals surface area contributed by atoms with Gasteiger partial charge in [-0.1, -0.05) is 0 Å². The largest absolute Gasteiger partial charge is 0.323 e. The average Bonchev–Trinajstić information content (AvgIpc) is 2.70. The van der Waals surface area contributed by atoms with Crippen molar-refractivity contribution in [1.29, 1.82) is 0 Å². The molecule has 1 unspecified atom stereocenters. The van der Waals surface area contributed by atoms with Crippen LogP contribution in [0.4, 0.5) is 0 Å². The summed E-state index contributed by atoms with van der Waals surface area (Å²) in [5.41, 5.74) is 7.72. The standard InChI is InChI=1S/C9H12N4S/c1-6(10)8-5-14-9(12-8)7-3-11-13(2)4-7/h3-6H,10H2,1-2H3. The summed E-state index contributed by atoms with van der Waals surface area (Å²) in [7, 11) is 1.89. The molecule has 74 valence electrons. The zero-order valence-electron chi connectivity index (χ0n) is 8.14. The van der Waals surface area contributed by atoms with E-state index in [-0.39, 0.29) is 6.04 Å². The minimum atomic E-state index is -0.00308. The highest BCUT2D eigenvalue weighted by Gasteiger charge is 2.08. The fraction of sp³-hybridized carbons (Fsp3) is 0.333. The van der Waals surface area contributed by atoms with Crippen molar-refractivity contribution < 1.29 is 0 Å². The average molecular weight is 208 g/mol. The molecule has 2 aromatic heterocycles. The predicted octanol–water partition coefficient (Wildman–Crippen LogP) is 1.56. The third kappa shape index (κ3) is 1.69. The Hall–Kier alpha value is -1.20. The van der Waals surface area contributed by atoms with Crippen molar-refractivity contribution in [2.45, 2.75) is 13.0 Å². The van der Waals surface area contributed by atoms with Gasteiger partial charge in [0, 0.05) is 30.2 Å². The van der Waals surface area contributed by atoms with Crippen LogP contribution in [-0.2, 0) is 7.05 Å². The second-order valence-corrected chi connectivity index (χ2v) is 4.13. The summed E-state index contributed by atoms with van der Waals surface area (Å²) in [5, 5.41) is 7.07. The number of thiazole rings is 1. The molecule has 5 heteroatoms. The quantitative estimate of drug-likeness (QED) is 0.815. The third-order valence-electron chi connectivity index (χ3n) is 1.94. The number of hydrogen-bond acceptors (Lipinski definition) is 4. The van der Waals surface area contributed by atoms with Crippen molar-refractivity contribution in [3.8, 4) is 10.6 Å². The number of aromatic nitrogens is 3. The van der Waals surface area contributed by atoms with Crippen molar-refractivity contribution in [1.82, 2.24) is 14.8 Å². The lowest BCUT2D eigenvalue weighted by atomic mass is 10.3. The second kappa shape index (κ2) is 3.51. The molecule has 14 heavy (non-hydrogen) atoms. The predicted molar refractivity (Wildman–Crippen MR) is 56.9 cm³/mol. The fourth-order valence-corrected chi connectivity index (χ4v) is 2.06. The van der Waals surface area contributed by atoms with Gasteiger partial charge in [0.2, 0.25) is 0 Å². The Morgan fingerprint density at radius 3 is 2.86 bits per heavy atom. The lowest BCUT2D eigenvalue weighted by molar-refractivity contribution is 0.768. The first kappa shape index (κ1) is 9.36. The molecule has 0 aliphatic rings. The fourth-order valence-electron chi connectivity index (χ4n) is 1.16. The zero-order chi connectivity index (χ0) is 10.1. The topological polar surface area (TPSA) is 56.7 Å². The Balaban J connectivity index is 2.33. The molecule has 2 aromatic rings. The molecule has 2 rings (SSSR count). The van der Waals surface area contributed by atoms with Crippen molar-refractivity contribution in [2.75, 3.05) is 0 Å². The summed E-state index contributed by atoms with van der Waals surface area (Å²) in [5.74, 6) is 0. The number of rotatable bonds is 2. The van der Waals surface area contributed by atoms with E-state index >= 15 is 0 Å². The van der Waals surface area contributed by atoms with Crippen LogP contribution in [0.1, 0.15) is 18.7 Å². The lowest BCUT2D eigenvalue weighted by Gasteiger charge is -1.96. The van der Waals surface area contributed by atoms with E-state index in [1.54, 1.807) is 16.0 Å². The van der Waals surface area contributed by atoms with E-state index in [0.29, 0.717) is 0 Å². The maximum atomic E-state index is 5.73. The number of nitrogens with zero attached hydrogens (tertiary/aromatic N) is 3. The molecule has 0 bridgehead atoms. The SMILES string of the molecule is CC(N)c1csc(-c2cnn(C)c2)n1. The second-order valence-electron chi connectivity index (χ2n) is 3.27. The van der Waals surface area contributed by atoms with E-state index in [9.17, 15) is 0 Å². The summed E-state index contributed by atoms with van der Waals surface area (Å²) in [6.45, 7) is 1.93. The van der Waals surface area contributed by atoms with Gasteiger partial charge in [-0.2, -0.15) is 5.10 Å². The molecule has 0 radical (unpaired) electrons. The van der Waals surface area contributed by atoms with Crippen molar-refractivity contribution in [2.24, 2.45) is 12.8 Å². The van der Waals surface area contributed by atoms with Crippen LogP contribution in [-0.4, -0.2) is 14.8 Å². The molecule has 0 fully saturated rings. The molecule has 0 amide bonds. The first-order chi connectivity index (χ1) is 6.66. The monoisotopic (exact) mass is 208 g/mol. The number of aryl methyl sites for hydroxylation is 1. The highest BCUT2D eigenvalue weighted by atomic mass is 32.1. The zero-order valence-corrected chi connectivity index (χ0v) is 8.95. The van der Waals surface area contributed by atoms with Crippen molar-refractivity contribution in [3.05, 3.63) is 23.5 Å². The van der Waals surface area contributed by atoms with Crippen LogP contribution in [0, 0.1) is 0 Å². The minimum absolute atomic E-state index is 0.00308. The van der Waals surface area contributed by atoms with E-state index in [1.165, 1.54) is 0 Å². The van der Waals surface area contributed by atoms with Crippen LogP contribution in [0.25, 0.3) is 10.6 Å². The van der Waals surface area contributed by atoms with Gasteiger partial charge in [-0.3, -0.25) is 4.68 Å². The molecule has 0 saturated carbocycles. The highest BCUT2D eigenvalue weighted by Crippen LogP contribution is 2.24. The smallest absolute Gasteiger partial charge is 0.126 e. The van der Waals surface area contributed by atoms with Gasteiger partial charge >= 0.3 is 0 Å². The summed E-state index contributed by atoms with van der Waals surface area (Å²) in [4.78, 5) is 4.43. The maximum Gasteiger partial charge on any atom is 0.126 e. The molecule has 2 N–H and O–H groups in total. The van der Waals surface area contributed by atoms with Gasteiger partial charge in [0.25, 0.3) is 0 Å². The van der Waals surface area contributed by atoms with E-state index in [1.807, 2.05) is 31.7 Å². The van der Waals surface area contributed by atoms with Crippen LogP contribution in [0.15, 0.2) is 17.8 Å². The molecule has 0 aliphatic heterocycles. The lowest BCUT2D eigenvalue weighted by Crippen LogP contribution is -2.04. The first-order valence-corrected chi connectivity index (χ1v) is 5.25. The van der Waals surface area contributed by atoms with Crippen LogP contribution >= 0.6 is 11.3 Å². The molecule has 1 atom stereocenters. The summed E-state index contributed by atoms with van der Waals surface area (Å²) in [6.07, 6.45) is 3.76. The van der Waals surface area contributed by atoms with E-state index in [0.717, 1.165) is 16.3 Å². The van der Waals surface area contributed by atoms with Crippen LogP contribution in [0.2, 0.25) is 0 Å². The van der Waals surface area contributed by atoms with Crippen LogP contribution in [0.3, 0.4) is 0 Å². The van der Waals surface area contributed by atoms with Gasteiger partial charge in [-0.15, -0.1) is 11.3 Å².